The maximum Gasteiger partial charge on any atom is 0.242 e. The summed E-state index contributed by atoms with van der Waals surface area (Å²) in [5.41, 5.74) is 0.647. The maximum atomic E-state index is 12.0. The fraction of sp³-hybridized carbons (Fsp3) is 0.462. The Morgan fingerprint density at radius 3 is 2.55 bits per heavy atom. The number of rotatable bonds is 5. The van der Waals surface area contributed by atoms with Gasteiger partial charge in [0.25, 0.3) is 0 Å². The molecule has 7 heteroatoms. The first-order chi connectivity index (χ1) is 9.23. The zero-order valence-corrected chi connectivity index (χ0v) is 13.8. The van der Waals surface area contributed by atoms with Crippen molar-refractivity contribution in [2.45, 2.75) is 18.7 Å². The van der Waals surface area contributed by atoms with Gasteiger partial charge in [-0.3, -0.25) is 0 Å². The van der Waals surface area contributed by atoms with Crippen molar-refractivity contribution in [3.8, 4) is 0 Å². The second kappa shape index (κ2) is 7.01. The summed E-state index contributed by atoms with van der Waals surface area (Å²) in [6.07, 6.45) is 0. The van der Waals surface area contributed by atoms with Crippen LogP contribution in [0.3, 0.4) is 0 Å². The SMILES string of the molecule is CC(C)CNC(=S)Nc1cccc(S(=O)(=O)N(C)C)c1. The molecule has 20 heavy (non-hydrogen) atoms. The quantitative estimate of drug-likeness (QED) is 0.813. The molecule has 0 radical (unpaired) electrons. The third kappa shape index (κ3) is 4.73. The number of hydrogen-bond donors (Lipinski definition) is 2. The summed E-state index contributed by atoms with van der Waals surface area (Å²) in [4.78, 5) is 0.235. The highest BCUT2D eigenvalue weighted by Gasteiger charge is 2.17. The molecule has 112 valence electrons. The Bertz CT molecular complexity index is 569. The summed E-state index contributed by atoms with van der Waals surface area (Å²) in [5.74, 6) is 0.482. The van der Waals surface area contributed by atoms with E-state index in [1.54, 1.807) is 24.3 Å². The average Bonchev–Trinajstić information content (AvgIpc) is 2.36. The Balaban J connectivity index is 2.82. The number of nitrogens with one attached hydrogen (secondary N) is 2. The largest absolute Gasteiger partial charge is 0.362 e. The first kappa shape index (κ1) is 16.9. The fourth-order valence-electron chi connectivity index (χ4n) is 1.42. The van der Waals surface area contributed by atoms with E-state index in [0.29, 0.717) is 16.7 Å². The molecule has 0 saturated carbocycles. The standard InChI is InChI=1S/C13H21N3O2S2/c1-10(2)9-14-13(19)15-11-6-5-7-12(8-11)20(17,18)16(3)4/h5-8,10H,9H2,1-4H3,(H2,14,15,19). The summed E-state index contributed by atoms with van der Waals surface area (Å²) in [6.45, 7) is 4.93. The van der Waals surface area contributed by atoms with Gasteiger partial charge in [-0.15, -0.1) is 0 Å². The van der Waals surface area contributed by atoms with Gasteiger partial charge < -0.3 is 10.6 Å². The topological polar surface area (TPSA) is 61.4 Å². The van der Waals surface area contributed by atoms with E-state index in [1.807, 2.05) is 0 Å². The summed E-state index contributed by atoms with van der Waals surface area (Å²) >= 11 is 5.16. The van der Waals surface area contributed by atoms with Crippen LogP contribution in [0.5, 0.6) is 0 Å². The molecule has 0 unspecified atom stereocenters. The fourth-order valence-corrected chi connectivity index (χ4v) is 2.57. The van der Waals surface area contributed by atoms with Crippen molar-refractivity contribution in [1.29, 1.82) is 0 Å². The Hall–Kier alpha value is -1.18. The Morgan fingerprint density at radius 1 is 1.35 bits per heavy atom. The van der Waals surface area contributed by atoms with Crippen LogP contribution >= 0.6 is 12.2 Å². The Kier molecular flexibility index (Phi) is 5.91. The van der Waals surface area contributed by atoms with E-state index in [-0.39, 0.29) is 4.90 Å². The zero-order chi connectivity index (χ0) is 15.3. The van der Waals surface area contributed by atoms with E-state index in [9.17, 15) is 8.42 Å². The molecule has 0 fully saturated rings. The zero-order valence-electron chi connectivity index (χ0n) is 12.2. The van der Waals surface area contributed by atoms with Crippen molar-refractivity contribution in [1.82, 2.24) is 9.62 Å². The third-order valence-corrected chi connectivity index (χ3v) is 4.60. The van der Waals surface area contributed by atoms with E-state index in [0.717, 1.165) is 6.54 Å². The van der Waals surface area contributed by atoms with Gasteiger partial charge in [0.2, 0.25) is 10.0 Å². The van der Waals surface area contributed by atoms with E-state index >= 15 is 0 Å². The predicted molar refractivity (Wildman–Crippen MR) is 86.4 cm³/mol. The van der Waals surface area contributed by atoms with Crippen molar-refractivity contribution < 1.29 is 8.42 Å². The average molecular weight is 315 g/mol. The molecule has 0 aliphatic heterocycles. The van der Waals surface area contributed by atoms with Gasteiger partial charge in [-0.1, -0.05) is 19.9 Å². The van der Waals surface area contributed by atoms with Crippen LogP contribution in [-0.4, -0.2) is 38.5 Å². The summed E-state index contributed by atoms with van der Waals surface area (Å²) in [6, 6.07) is 6.59. The van der Waals surface area contributed by atoms with Gasteiger partial charge in [0.15, 0.2) is 5.11 Å². The molecule has 0 saturated heterocycles. The number of thiocarbonyl (C=S) groups is 1. The minimum absolute atomic E-state index is 0.235. The number of sulfonamides is 1. The minimum atomic E-state index is -3.43. The predicted octanol–water partition coefficient (Wildman–Crippen LogP) is 1.88. The second-order valence-electron chi connectivity index (χ2n) is 5.04. The van der Waals surface area contributed by atoms with Crippen LogP contribution in [0.1, 0.15) is 13.8 Å². The lowest BCUT2D eigenvalue weighted by atomic mass is 10.2. The monoisotopic (exact) mass is 315 g/mol. The molecule has 1 aromatic carbocycles. The van der Waals surface area contributed by atoms with Gasteiger partial charge in [-0.2, -0.15) is 0 Å². The maximum absolute atomic E-state index is 12.0. The molecule has 1 aromatic rings. The number of hydrogen-bond acceptors (Lipinski definition) is 3. The molecule has 0 bridgehead atoms. The highest BCUT2D eigenvalue weighted by atomic mass is 32.2. The Morgan fingerprint density at radius 2 is 2.00 bits per heavy atom. The molecule has 0 heterocycles. The third-order valence-electron chi connectivity index (χ3n) is 2.54. The van der Waals surface area contributed by atoms with Crippen LogP contribution in [0.2, 0.25) is 0 Å². The van der Waals surface area contributed by atoms with E-state index in [4.69, 9.17) is 12.2 Å². The van der Waals surface area contributed by atoms with Gasteiger partial charge >= 0.3 is 0 Å². The van der Waals surface area contributed by atoms with Crippen LogP contribution in [0.4, 0.5) is 5.69 Å². The number of nitrogens with zero attached hydrogens (tertiary/aromatic N) is 1. The minimum Gasteiger partial charge on any atom is -0.362 e. The van der Waals surface area contributed by atoms with Crippen molar-refractivity contribution in [3.05, 3.63) is 24.3 Å². The molecular weight excluding hydrogens is 294 g/mol. The van der Waals surface area contributed by atoms with Crippen molar-refractivity contribution in [2.24, 2.45) is 5.92 Å². The first-order valence-electron chi connectivity index (χ1n) is 6.31. The number of benzene rings is 1. The highest BCUT2D eigenvalue weighted by Crippen LogP contribution is 2.17. The van der Waals surface area contributed by atoms with Crippen molar-refractivity contribution in [2.75, 3.05) is 26.0 Å². The van der Waals surface area contributed by atoms with Crippen molar-refractivity contribution in [3.63, 3.8) is 0 Å². The summed E-state index contributed by atoms with van der Waals surface area (Å²) in [5, 5.41) is 6.54. The van der Waals surface area contributed by atoms with Crippen LogP contribution < -0.4 is 10.6 Å². The molecule has 0 spiro atoms. The summed E-state index contributed by atoms with van der Waals surface area (Å²) < 4.78 is 25.3. The molecule has 0 aromatic heterocycles. The second-order valence-corrected chi connectivity index (χ2v) is 7.60. The number of anilines is 1. The van der Waals surface area contributed by atoms with E-state index in [1.165, 1.54) is 18.4 Å². The highest BCUT2D eigenvalue weighted by molar-refractivity contribution is 7.89. The molecular formula is C13H21N3O2S2. The van der Waals surface area contributed by atoms with Crippen LogP contribution in [0.15, 0.2) is 29.2 Å². The van der Waals surface area contributed by atoms with Gasteiger partial charge in [0.1, 0.15) is 0 Å². The van der Waals surface area contributed by atoms with Gasteiger partial charge in [-0.05, 0) is 36.3 Å². The molecule has 0 aliphatic carbocycles. The molecule has 5 nitrogen and oxygen atoms in total. The van der Waals surface area contributed by atoms with Crippen LogP contribution in [0, 0.1) is 5.92 Å². The normalized spacial score (nSPS) is 11.7. The van der Waals surface area contributed by atoms with Crippen LogP contribution in [-0.2, 0) is 10.0 Å². The smallest absolute Gasteiger partial charge is 0.242 e. The van der Waals surface area contributed by atoms with Gasteiger partial charge in [0, 0.05) is 26.3 Å². The molecule has 0 amide bonds. The summed E-state index contributed by atoms with van der Waals surface area (Å²) in [7, 11) is -0.423. The van der Waals surface area contributed by atoms with Gasteiger partial charge in [-0.25, -0.2) is 12.7 Å². The van der Waals surface area contributed by atoms with Crippen LogP contribution in [0.25, 0.3) is 0 Å². The van der Waals surface area contributed by atoms with Gasteiger partial charge in [0.05, 0.1) is 4.90 Å². The lowest BCUT2D eigenvalue weighted by Gasteiger charge is -2.14. The Labute approximate surface area is 126 Å². The molecule has 0 atom stereocenters. The van der Waals surface area contributed by atoms with Crippen molar-refractivity contribution >= 4 is 33.0 Å². The lowest BCUT2D eigenvalue weighted by Crippen LogP contribution is -2.31. The first-order valence-corrected chi connectivity index (χ1v) is 8.15. The van der Waals surface area contributed by atoms with E-state index < -0.39 is 10.0 Å². The molecule has 1 rings (SSSR count). The molecule has 0 aliphatic rings. The molecule has 2 N–H and O–H groups in total. The van der Waals surface area contributed by atoms with E-state index in [2.05, 4.69) is 24.5 Å². The lowest BCUT2D eigenvalue weighted by molar-refractivity contribution is 0.521.